The molecule has 0 aromatic carbocycles. The van der Waals surface area contributed by atoms with Crippen LogP contribution in [0.4, 0.5) is 0 Å². The van der Waals surface area contributed by atoms with Gasteiger partial charge in [-0.15, -0.1) is 0 Å². The lowest BCUT2D eigenvalue weighted by atomic mass is 9.93. The van der Waals surface area contributed by atoms with Crippen LogP contribution in [0.15, 0.2) is 0 Å². The number of rotatable bonds is 4. The molecule has 2 aliphatic rings. The van der Waals surface area contributed by atoms with Gasteiger partial charge >= 0.3 is 0 Å². The van der Waals surface area contributed by atoms with E-state index in [2.05, 4.69) is 39.9 Å². The summed E-state index contributed by atoms with van der Waals surface area (Å²) in [5, 5.41) is 3.73. The van der Waals surface area contributed by atoms with Crippen molar-refractivity contribution in [3.63, 3.8) is 0 Å². The maximum Gasteiger partial charge on any atom is 0.0787 e. The lowest BCUT2D eigenvalue weighted by Gasteiger charge is -2.29. The standard InChI is InChI=1S/C15H29NO2/c1-6-12-11(7-8-17-12)10-16-13-9-14(2,3)18-15(13,4)5/h11-13,16H,6-10H2,1-5H3. The smallest absolute Gasteiger partial charge is 0.0787 e. The molecule has 1 N–H and O–H groups in total. The molecule has 0 saturated carbocycles. The van der Waals surface area contributed by atoms with E-state index in [9.17, 15) is 0 Å². The average Bonchev–Trinajstić information content (AvgIpc) is 2.76. The van der Waals surface area contributed by atoms with Crippen LogP contribution in [0.5, 0.6) is 0 Å². The van der Waals surface area contributed by atoms with Crippen molar-refractivity contribution in [1.29, 1.82) is 0 Å². The molecule has 3 heteroatoms. The Balaban J connectivity index is 1.87. The highest BCUT2D eigenvalue weighted by Gasteiger charge is 2.45. The summed E-state index contributed by atoms with van der Waals surface area (Å²) in [4.78, 5) is 0. The van der Waals surface area contributed by atoms with E-state index in [1.807, 2.05) is 0 Å². The summed E-state index contributed by atoms with van der Waals surface area (Å²) in [6.07, 6.45) is 3.87. The number of ether oxygens (including phenoxy) is 2. The molecule has 2 heterocycles. The largest absolute Gasteiger partial charge is 0.378 e. The Labute approximate surface area is 112 Å². The van der Waals surface area contributed by atoms with Crippen LogP contribution >= 0.6 is 0 Å². The SMILES string of the molecule is CCC1OCCC1CNC1CC(C)(C)OC1(C)C. The van der Waals surface area contributed by atoms with Crippen LogP contribution in [-0.2, 0) is 9.47 Å². The molecule has 0 amide bonds. The lowest BCUT2D eigenvalue weighted by molar-refractivity contribution is -0.0701. The van der Waals surface area contributed by atoms with Crippen molar-refractivity contribution in [3.8, 4) is 0 Å². The minimum Gasteiger partial charge on any atom is -0.378 e. The maximum absolute atomic E-state index is 6.12. The minimum atomic E-state index is -0.0648. The van der Waals surface area contributed by atoms with Crippen LogP contribution in [0.1, 0.15) is 53.9 Å². The molecule has 3 unspecified atom stereocenters. The molecular weight excluding hydrogens is 226 g/mol. The quantitative estimate of drug-likeness (QED) is 0.838. The maximum atomic E-state index is 6.12. The van der Waals surface area contributed by atoms with Crippen LogP contribution in [-0.4, -0.2) is 36.5 Å². The Hall–Kier alpha value is -0.120. The Morgan fingerprint density at radius 1 is 1.22 bits per heavy atom. The van der Waals surface area contributed by atoms with Crippen LogP contribution in [0.25, 0.3) is 0 Å². The van der Waals surface area contributed by atoms with Gasteiger partial charge in [0.25, 0.3) is 0 Å². The predicted molar refractivity (Wildman–Crippen MR) is 73.8 cm³/mol. The van der Waals surface area contributed by atoms with Gasteiger partial charge in [-0.25, -0.2) is 0 Å². The summed E-state index contributed by atoms with van der Waals surface area (Å²) in [5.74, 6) is 0.675. The summed E-state index contributed by atoms with van der Waals surface area (Å²) >= 11 is 0. The van der Waals surface area contributed by atoms with E-state index < -0.39 is 0 Å². The second-order valence-electron chi connectivity index (χ2n) is 7.00. The fourth-order valence-electron chi connectivity index (χ4n) is 3.55. The molecule has 2 rings (SSSR count). The van der Waals surface area contributed by atoms with Crippen LogP contribution in [0.3, 0.4) is 0 Å². The Morgan fingerprint density at radius 3 is 2.50 bits per heavy atom. The highest BCUT2D eigenvalue weighted by atomic mass is 16.5. The first-order valence-corrected chi connectivity index (χ1v) is 7.39. The zero-order valence-corrected chi connectivity index (χ0v) is 12.6. The summed E-state index contributed by atoms with van der Waals surface area (Å²) < 4.78 is 11.9. The summed E-state index contributed by atoms with van der Waals surface area (Å²) in [5.41, 5.74) is -0.0673. The Bertz CT molecular complexity index is 288. The molecule has 18 heavy (non-hydrogen) atoms. The third-order valence-electron chi connectivity index (χ3n) is 4.45. The first-order valence-electron chi connectivity index (χ1n) is 7.39. The summed E-state index contributed by atoms with van der Waals surface area (Å²) in [6.45, 7) is 13.0. The monoisotopic (exact) mass is 255 g/mol. The summed E-state index contributed by atoms with van der Waals surface area (Å²) in [6, 6.07) is 0.450. The highest BCUT2D eigenvalue weighted by molar-refractivity contribution is 4.99. The Morgan fingerprint density at radius 2 is 1.94 bits per heavy atom. The zero-order valence-electron chi connectivity index (χ0n) is 12.6. The molecule has 0 bridgehead atoms. The molecule has 2 saturated heterocycles. The van der Waals surface area contributed by atoms with Gasteiger partial charge in [0.15, 0.2) is 0 Å². The summed E-state index contributed by atoms with van der Waals surface area (Å²) in [7, 11) is 0. The van der Waals surface area contributed by atoms with E-state index >= 15 is 0 Å². The van der Waals surface area contributed by atoms with Gasteiger partial charge in [0.1, 0.15) is 0 Å². The molecule has 2 aliphatic heterocycles. The second kappa shape index (κ2) is 5.10. The average molecular weight is 255 g/mol. The first kappa shape index (κ1) is 14.3. The molecule has 0 radical (unpaired) electrons. The third-order valence-corrected chi connectivity index (χ3v) is 4.45. The fraction of sp³-hybridized carbons (Fsp3) is 1.00. The minimum absolute atomic E-state index is 0.00248. The molecule has 2 fully saturated rings. The number of hydrogen-bond acceptors (Lipinski definition) is 3. The van der Waals surface area contributed by atoms with E-state index in [1.165, 1.54) is 6.42 Å². The molecule has 106 valence electrons. The second-order valence-corrected chi connectivity index (χ2v) is 7.00. The molecule has 0 aliphatic carbocycles. The van der Waals surface area contributed by atoms with Gasteiger partial charge in [-0.05, 0) is 52.9 Å². The van der Waals surface area contributed by atoms with Gasteiger partial charge in [-0.3, -0.25) is 0 Å². The van der Waals surface area contributed by atoms with Gasteiger partial charge in [0.05, 0.1) is 17.3 Å². The first-order chi connectivity index (χ1) is 8.34. The molecular formula is C15H29NO2. The van der Waals surface area contributed by atoms with Crippen molar-refractivity contribution in [2.75, 3.05) is 13.2 Å². The fourth-order valence-corrected chi connectivity index (χ4v) is 3.55. The normalized spacial score (nSPS) is 38.2. The molecule has 0 aromatic heterocycles. The van der Waals surface area contributed by atoms with Crippen molar-refractivity contribution in [2.24, 2.45) is 5.92 Å². The van der Waals surface area contributed by atoms with Crippen molar-refractivity contribution in [1.82, 2.24) is 5.32 Å². The van der Waals surface area contributed by atoms with E-state index in [-0.39, 0.29) is 11.2 Å². The van der Waals surface area contributed by atoms with Gasteiger partial charge in [0.2, 0.25) is 0 Å². The van der Waals surface area contributed by atoms with Crippen molar-refractivity contribution >= 4 is 0 Å². The van der Waals surface area contributed by atoms with Gasteiger partial charge in [0, 0.05) is 19.2 Å². The predicted octanol–water partition coefficient (Wildman–Crippen LogP) is 2.74. The van der Waals surface area contributed by atoms with Gasteiger partial charge in [-0.1, -0.05) is 6.92 Å². The Kier molecular flexibility index (Phi) is 4.05. The van der Waals surface area contributed by atoms with Crippen LogP contribution < -0.4 is 5.32 Å². The topological polar surface area (TPSA) is 30.5 Å². The van der Waals surface area contributed by atoms with E-state index in [0.29, 0.717) is 18.1 Å². The van der Waals surface area contributed by atoms with E-state index in [1.54, 1.807) is 0 Å². The van der Waals surface area contributed by atoms with Crippen LogP contribution in [0.2, 0.25) is 0 Å². The number of nitrogens with one attached hydrogen (secondary N) is 1. The number of hydrogen-bond donors (Lipinski definition) is 1. The molecule has 0 spiro atoms. The van der Waals surface area contributed by atoms with E-state index in [0.717, 1.165) is 26.0 Å². The van der Waals surface area contributed by atoms with Crippen molar-refractivity contribution < 1.29 is 9.47 Å². The van der Waals surface area contributed by atoms with Gasteiger partial charge in [-0.2, -0.15) is 0 Å². The van der Waals surface area contributed by atoms with Crippen molar-refractivity contribution in [2.45, 2.75) is 77.2 Å². The van der Waals surface area contributed by atoms with E-state index in [4.69, 9.17) is 9.47 Å². The van der Waals surface area contributed by atoms with Crippen molar-refractivity contribution in [3.05, 3.63) is 0 Å². The zero-order chi connectivity index (χ0) is 13.4. The van der Waals surface area contributed by atoms with Crippen LogP contribution in [0, 0.1) is 5.92 Å². The molecule has 3 nitrogen and oxygen atoms in total. The third kappa shape index (κ3) is 3.06. The lowest BCUT2D eigenvalue weighted by Crippen LogP contribution is -2.45. The molecule has 3 atom stereocenters. The highest BCUT2D eigenvalue weighted by Crippen LogP contribution is 2.37. The molecule has 0 aromatic rings. The van der Waals surface area contributed by atoms with Gasteiger partial charge < -0.3 is 14.8 Å².